The SMILES string of the molecule is O=C(O)CCC1(CCC(=O)O)OCC(CSCCCOc2cccc3c2CCCC3)S1. The highest BCUT2D eigenvalue weighted by Gasteiger charge is 2.41. The number of fused-ring (bicyclic) bond motifs is 1. The van der Waals surface area contributed by atoms with Crippen LogP contribution >= 0.6 is 23.5 Å². The smallest absolute Gasteiger partial charge is 0.303 e. The molecule has 3 rings (SSSR count). The molecule has 1 aromatic rings. The van der Waals surface area contributed by atoms with Gasteiger partial charge in [-0.3, -0.25) is 9.59 Å². The average molecular weight is 469 g/mol. The maximum Gasteiger partial charge on any atom is 0.303 e. The summed E-state index contributed by atoms with van der Waals surface area (Å²) in [5.74, 6) is 1.19. The van der Waals surface area contributed by atoms with Crippen LogP contribution in [-0.4, -0.2) is 57.1 Å². The lowest BCUT2D eigenvalue weighted by atomic mass is 9.91. The van der Waals surface area contributed by atoms with Crippen molar-refractivity contribution >= 4 is 35.5 Å². The summed E-state index contributed by atoms with van der Waals surface area (Å²) in [7, 11) is 0. The largest absolute Gasteiger partial charge is 0.493 e. The molecule has 1 atom stereocenters. The Labute approximate surface area is 192 Å². The summed E-state index contributed by atoms with van der Waals surface area (Å²) >= 11 is 3.47. The molecule has 1 unspecified atom stereocenters. The molecule has 1 fully saturated rings. The van der Waals surface area contributed by atoms with E-state index in [1.807, 2.05) is 11.8 Å². The molecule has 0 amide bonds. The molecule has 8 heteroatoms. The molecule has 0 spiro atoms. The second-order valence-electron chi connectivity index (χ2n) is 8.13. The van der Waals surface area contributed by atoms with E-state index in [2.05, 4.69) is 18.2 Å². The fraction of sp³-hybridized carbons (Fsp3) is 0.652. The maximum absolute atomic E-state index is 11.0. The van der Waals surface area contributed by atoms with E-state index in [0.29, 0.717) is 26.1 Å². The number of hydrogen-bond donors (Lipinski definition) is 2. The molecular weight excluding hydrogens is 436 g/mol. The molecule has 1 aromatic carbocycles. The Hall–Kier alpha value is -1.38. The summed E-state index contributed by atoms with van der Waals surface area (Å²) in [5, 5.41) is 18.3. The summed E-state index contributed by atoms with van der Waals surface area (Å²) in [6.07, 6.45) is 6.42. The molecule has 172 valence electrons. The molecule has 0 aromatic heterocycles. The Balaban J connectivity index is 1.36. The molecule has 1 aliphatic carbocycles. The number of aliphatic carboxylic acids is 2. The zero-order chi connectivity index (χ0) is 22.1. The highest BCUT2D eigenvalue weighted by atomic mass is 32.2. The van der Waals surface area contributed by atoms with Gasteiger partial charge in [0.15, 0.2) is 0 Å². The van der Waals surface area contributed by atoms with E-state index in [4.69, 9.17) is 19.7 Å². The number of rotatable bonds is 13. The van der Waals surface area contributed by atoms with Crippen molar-refractivity contribution in [1.82, 2.24) is 0 Å². The first-order chi connectivity index (χ1) is 15.0. The Bertz CT molecular complexity index is 736. The van der Waals surface area contributed by atoms with Crippen LogP contribution in [0.4, 0.5) is 0 Å². The number of ether oxygens (including phenoxy) is 2. The fourth-order valence-corrected chi connectivity index (χ4v) is 6.85. The normalized spacial score (nSPS) is 19.7. The minimum Gasteiger partial charge on any atom is -0.493 e. The van der Waals surface area contributed by atoms with Gasteiger partial charge in [-0.15, -0.1) is 11.8 Å². The zero-order valence-electron chi connectivity index (χ0n) is 17.8. The van der Waals surface area contributed by atoms with E-state index in [1.165, 1.54) is 24.0 Å². The van der Waals surface area contributed by atoms with Gasteiger partial charge >= 0.3 is 11.9 Å². The van der Waals surface area contributed by atoms with Gasteiger partial charge in [-0.1, -0.05) is 12.1 Å². The number of carboxylic acids is 2. The van der Waals surface area contributed by atoms with Crippen LogP contribution in [0.3, 0.4) is 0 Å². The van der Waals surface area contributed by atoms with Gasteiger partial charge in [0.2, 0.25) is 0 Å². The third-order valence-corrected chi connectivity index (χ3v) is 8.72. The third-order valence-electron chi connectivity index (χ3n) is 5.70. The van der Waals surface area contributed by atoms with E-state index in [0.717, 1.165) is 36.5 Å². The van der Waals surface area contributed by atoms with Gasteiger partial charge in [0.25, 0.3) is 0 Å². The first-order valence-electron chi connectivity index (χ1n) is 11.0. The number of carboxylic acid groups (broad SMARTS) is 2. The molecule has 31 heavy (non-hydrogen) atoms. The van der Waals surface area contributed by atoms with Gasteiger partial charge in [-0.25, -0.2) is 0 Å². The summed E-state index contributed by atoms with van der Waals surface area (Å²) in [4.78, 5) is 21.3. The molecule has 1 saturated heterocycles. The number of hydrogen-bond acceptors (Lipinski definition) is 6. The van der Waals surface area contributed by atoms with Crippen LogP contribution in [0.15, 0.2) is 18.2 Å². The van der Waals surface area contributed by atoms with Crippen LogP contribution in [0.5, 0.6) is 5.75 Å². The molecule has 1 aliphatic heterocycles. The Morgan fingerprint density at radius 1 is 1.16 bits per heavy atom. The molecular formula is C23H32O6S2. The Kier molecular flexibility index (Phi) is 9.41. The van der Waals surface area contributed by atoms with E-state index in [9.17, 15) is 9.59 Å². The number of aryl methyl sites for hydroxylation is 1. The highest BCUT2D eigenvalue weighted by molar-refractivity contribution is 8.04. The summed E-state index contributed by atoms with van der Waals surface area (Å²) in [6.45, 7) is 1.25. The highest BCUT2D eigenvalue weighted by Crippen LogP contribution is 2.45. The molecule has 0 radical (unpaired) electrons. The standard InChI is InChI=1S/C23H32O6S2/c24-21(25)9-11-23(12-10-22(26)27)29-15-18(31-23)16-30-14-4-13-28-20-8-3-6-17-5-1-2-7-19(17)20/h3,6,8,18H,1-2,4-5,7,9-16H2,(H,24,25)(H,26,27). The predicted octanol–water partition coefficient (Wildman–Crippen LogP) is 4.63. The van der Waals surface area contributed by atoms with Gasteiger partial charge < -0.3 is 19.7 Å². The average Bonchev–Trinajstić information content (AvgIpc) is 3.17. The van der Waals surface area contributed by atoms with Crippen molar-refractivity contribution in [3.05, 3.63) is 29.3 Å². The maximum atomic E-state index is 11.0. The van der Waals surface area contributed by atoms with Gasteiger partial charge in [-0.2, -0.15) is 11.8 Å². The van der Waals surface area contributed by atoms with Crippen molar-refractivity contribution in [2.75, 3.05) is 24.7 Å². The monoisotopic (exact) mass is 468 g/mol. The van der Waals surface area contributed by atoms with Crippen LogP contribution < -0.4 is 4.74 Å². The van der Waals surface area contributed by atoms with Gasteiger partial charge in [0.05, 0.1) is 13.2 Å². The summed E-state index contributed by atoms with van der Waals surface area (Å²) < 4.78 is 12.0. The van der Waals surface area contributed by atoms with Crippen LogP contribution in [-0.2, 0) is 27.2 Å². The minimum absolute atomic E-state index is 0.00694. The van der Waals surface area contributed by atoms with Crippen LogP contribution in [0.2, 0.25) is 0 Å². The second kappa shape index (κ2) is 12.0. The molecule has 6 nitrogen and oxygen atoms in total. The topological polar surface area (TPSA) is 93.1 Å². The summed E-state index contributed by atoms with van der Waals surface area (Å²) in [6, 6.07) is 6.38. The zero-order valence-corrected chi connectivity index (χ0v) is 19.5. The Morgan fingerprint density at radius 2 is 1.90 bits per heavy atom. The van der Waals surface area contributed by atoms with Crippen molar-refractivity contribution in [3.8, 4) is 5.75 Å². The predicted molar refractivity (Wildman–Crippen MR) is 124 cm³/mol. The van der Waals surface area contributed by atoms with Crippen molar-refractivity contribution in [2.24, 2.45) is 0 Å². The molecule has 0 bridgehead atoms. The van der Waals surface area contributed by atoms with E-state index < -0.39 is 16.9 Å². The van der Waals surface area contributed by atoms with E-state index in [-0.39, 0.29) is 18.1 Å². The van der Waals surface area contributed by atoms with Crippen LogP contribution in [0.25, 0.3) is 0 Å². The lowest BCUT2D eigenvalue weighted by Crippen LogP contribution is -2.26. The first kappa shape index (κ1) is 24.3. The third kappa shape index (κ3) is 7.61. The Morgan fingerprint density at radius 3 is 2.65 bits per heavy atom. The molecule has 1 heterocycles. The van der Waals surface area contributed by atoms with Crippen molar-refractivity contribution in [2.45, 2.75) is 68.0 Å². The molecule has 0 saturated carbocycles. The second-order valence-corrected chi connectivity index (χ2v) is 10.9. The molecule has 2 N–H and O–H groups in total. The van der Waals surface area contributed by atoms with Gasteiger partial charge in [0, 0.05) is 23.8 Å². The first-order valence-corrected chi connectivity index (χ1v) is 13.1. The van der Waals surface area contributed by atoms with Crippen molar-refractivity contribution in [1.29, 1.82) is 0 Å². The lowest BCUT2D eigenvalue weighted by Gasteiger charge is -2.26. The van der Waals surface area contributed by atoms with Gasteiger partial charge in [0.1, 0.15) is 10.7 Å². The molecule has 2 aliphatic rings. The lowest BCUT2D eigenvalue weighted by molar-refractivity contribution is -0.138. The number of benzene rings is 1. The fourth-order valence-electron chi connectivity index (χ4n) is 4.12. The summed E-state index contributed by atoms with van der Waals surface area (Å²) in [5.41, 5.74) is 2.82. The van der Waals surface area contributed by atoms with Gasteiger partial charge in [-0.05, 0) is 67.9 Å². The number of carbonyl (C=O) groups is 2. The quantitative estimate of drug-likeness (QED) is 0.405. The van der Waals surface area contributed by atoms with Crippen LogP contribution in [0, 0.1) is 0 Å². The number of thioether (sulfide) groups is 2. The van der Waals surface area contributed by atoms with E-state index in [1.54, 1.807) is 11.8 Å². The van der Waals surface area contributed by atoms with E-state index >= 15 is 0 Å². The van der Waals surface area contributed by atoms with Crippen molar-refractivity contribution in [3.63, 3.8) is 0 Å². The minimum atomic E-state index is -0.878. The van der Waals surface area contributed by atoms with Crippen molar-refractivity contribution < 1.29 is 29.3 Å². The van der Waals surface area contributed by atoms with Crippen LogP contribution in [0.1, 0.15) is 56.1 Å².